The molecule has 0 N–H and O–H groups in total. The van der Waals surface area contributed by atoms with E-state index in [0.717, 1.165) is 11.8 Å². The minimum atomic E-state index is -1.25. The van der Waals surface area contributed by atoms with Gasteiger partial charge in [-0.1, -0.05) is 54.6 Å². The number of ether oxygens (including phenoxy) is 7. The lowest BCUT2D eigenvalue weighted by Gasteiger charge is -2.36. The number of ketones is 1. The Labute approximate surface area is 293 Å². The maximum absolute atomic E-state index is 13.5. The smallest absolute Gasteiger partial charge is 0.338 e. The van der Waals surface area contributed by atoms with Crippen LogP contribution in [-0.2, 0) is 42.7 Å². The molecule has 2 aliphatic rings. The molecule has 2 saturated heterocycles. The van der Waals surface area contributed by atoms with Crippen LogP contribution in [0.1, 0.15) is 58.3 Å². The van der Waals surface area contributed by atoms with Crippen molar-refractivity contribution in [2.75, 3.05) is 13.2 Å². The molecular weight excluding hydrogens is 668 g/mol. The van der Waals surface area contributed by atoms with Gasteiger partial charge in [0.1, 0.15) is 30.9 Å². The second kappa shape index (κ2) is 17.4. The molecule has 0 radical (unpaired) electrons. The first-order valence-electron chi connectivity index (χ1n) is 16.1. The van der Waals surface area contributed by atoms with Gasteiger partial charge in [0.05, 0.1) is 22.8 Å². The van der Waals surface area contributed by atoms with Crippen molar-refractivity contribution in [3.63, 3.8) is 0 Å². The summed E-state index contributed by atoms with van der Waals surface area (Å²) in [5.74, 6) is -2.96. The lowest BCUT2D eigenvalue weighted by molar-refractivity contribution is -0.211. The number of hydrogen-bond donors (Lipinski definition) is 0. The van der Waals surface area contributed by atoms with Crippen molar-refractivity contribution in [3.8, 4) is 0 Å². The third kappa shape index (κ3) is 9.78. The molecule has 13 heteroatoms. The highest BCUT2D eigenvalue weighted by Crippen LogP contribution is 2.40. The summed E-state index contributed by atoms with van der Waals surface area (Å²) in [6.07, 6.45) is -5.95. The van der Waals surface area contributed by atoms with Crippen molar-refractivity contribution in [1.29, 1.82) is 0 Å². The Hall–Kier alpha value is -4.56. The molecule has 7 atom stereocenters. The van der Waals surface area contributed by atoms with E-state index in [1.165, 1.54) is 6.92 Å². The van der Waals surface area contributed by atoms with Gasteiger partial charge in [0, 0.05) is 18.6 Å². The zero-order valence-corrected chi connectivity index (χ0v) is 28.5. The van der Waals surface area contributed by atoms with E-state index in [1.807, 2.05) is 0 Å². The Morgan fingerprint density at radius 3 is 1.72 bits per heavy atom. The van der Waals surface area contributed by atoms with Crippen LogP contribution < -0.4 is 0 Å². The summed E-state index contributed by atoms with van der Waals surface area (Å²) in [7, 11) is 0. The number of thioether (sulfide) groups is 1. The van der Waals surface area contributed by atoms with Crippen molar-refractivity contribution in [2.45, 2.75) is 74.7 Å². The third-order valence-electron chi connectivity index (χ3n) is 7.69. The number of carbonyl (C=O) groups is 5. The van der Waals surface area contributed by atoms with Gasteiger partial charge in [-0.05, 0) is 50.2 Å². The van der Waals surface area contributed by atoms with Gasteiger partial charge in [-0.2, -0.15) is 0 Å². The average Bonchev–Trinajstić information content (AvgIpc) is 3.42. The van der Waals surface area contributed by atoms with Crippen LogP contribution in [0.5, 0.6) is 0 Å². The number of hydrogen-bond acceptors (Lipinski definition) is 13. The number of benzene rings is 3. The molecule has 2 fully saturated rings. The van der Waals surface area contributed by atoms with Gasteiger partial charge in [0.2, 0.25) is 6.29 Å². The molecule has 12 nitrogen and oxygen atoms in total. The summed E-state index contributed by atoms with van der Waals surface area (Å²) in [5.41, 5.74) is -0.285. The molecular formula is C37H38O12S. The van der Waals surface area contributed by atoms with Gasteiger partial charge >= 0.3 is 23.9 Å². The van der Waals surface area contributed by atoms with E-state index < -0.39 is 65.3 Å². The first kappa shape index (κ1) is 36.7. The summed E-state index contributed by atoms with van der Waals surface area (Å²) in [4.78, 5) is 64.7. The van der Waals surface area contributed by atoms with E-state index in [2.05, 4.69) is 0 Å². The fourth-order valence-electron chi connectivity index (χ4n) is 5.31. The Morgan fingerprint density at radius 1 is 0.700 bits per heavy atom. The number of esters is 4. The van der Waals surface area contributed by atoms with Gasteiger partial charge in [0.25, 0.3) is 0 Å². The van der Waals surface area contributed by atoms with E-state index in [9.17, 15) is 24.0 Å². The minimum absolute atomic E-state index is 0.0602. The van der Waals surface area contributed by atoms with Crippen LogP contribution in [0.4, 0.5) is 0 Å². The van der Waals surface area contributed by atoms with Gasteiger partial charge in [-0.15, -0.1) is 11.8 Å². The van der Waals surface area contributed by atoms with Crippen molar-refractivity contribution < 1.29 is 57.1 Å². The van der Waals surface area contributed by atoms with Crippen molar-refractivity contribution in [2.24, 2.45) is 0 Å². The summed E-state index contributed by atoms with van der Waals surface area (Å²) in [6.45, 7) is 4.23. The quantitative estimate of drug-likeness (QED) is 0.177. The van der Waals surface area contributed by atoms with E-state index in [1.54, 1.807) is 105 Å². The summed E-state index contributed by atoms with van der Waals surface area (Å²) in [6, 6.07) is 24.8. The number of rotatable bonds is 13. The van der Waals surface area contributed by atoms with E-state index >= 15 is 0 Å². The maximum atomic E-state index is 13.5. The second-order valence-electron chi connectivity index (χ2n) is 11.8. The predicted octanol–water partition coefficient (Wildman–Crippen LogP) is 4.79. The Bertz CT molecular complexity index is 1620. The first-order chi connectivity index (χ1) is 24.1. The fourth-order valence-corrected chi connectivity index (χ4v) is 6.80. The highest BCUT2D eigenvalue weighted by Gasteiger charge is 2.53. The lowest BCUT2D eigenvalue weighted by atomic mass is 10.1. The van der Waals surface area contributed by atoms with Crippen molar-refractivity contribution in [1.82, 2.24) is 0 Å². The fraction of sp³-hybridized carbons (Fsp3) is 0.378. The SMILES string of the molecule is CC(=O)OC[C@H]1O[C@H](OC(C)C)C(=O)C[C@H]1S[C@@H]1O[C@H](COC(=O)c2ccccc2)[C@H](OC(=O)c2ccccc2)[C@H]1OC(=O)c1ccccc1. The van der Waals surface area contributed by atoms with Crippen LogP contribution in [-0.4, -0.2) is 90.4 Å². The molecule has 0 unspecified atom stereocenters. The van der Waals surface area contributed by atoms with Gasteiger partial charge in [0.15, 0.2) is 18.0 Å². The summed E-state index contributed by atoms with van der Waals surface area (Å²) >= 11 is 1.09. The molecule has 264 valence electrons. The molecule has 0 bridgehead atoms. The average molecular weight is 707 g/mol. The van der Waals surface area contributed by atoms with Crippen molar-refractivity contribution in [3.05, 3.63) is 108 Å². The van der Waals surface area contributed by atoms with E-state index in [4.69, 9.17) is 33.2 Å². The van der Waals surface area contributed by atoms with Gasteiger partial charge in [-0.3, -0.25) is 9.59 Å². The maximum Gasteiger partial charge on any atom is 0.338 e. The molecule has 0 aliphatic carbocycles. The lowest BCUT2D eigenvalue weighted by Crippen LogP contribution is -2.49. The van der Waals surface area contributed by atoms with Crippen molar-refractivity contribution >= 4 is 41.4 Å². The molecule has 2 heterocycles. The molecule has 0 amide bonds. The summed E-state index contributed by atoms with van der Waals surface area (Å²) in [5, 5.41) is -0.673. The molecule has 5 rings (SSSR count). The molecule has 2 aliphatic heterocycles. The Kier molecular flexibility index (Phi) is 12.8. The van der Waals surface area contributed by atoms with Gasteiger partial charge < -0.3 is 33.2 Å². The van der Waals surface area contributed by atoms with Crippen LogP contribution in [0.25, 0.3) is 0 Å². The van der Waals surface area contributed by atoms with Gasteiger partial charge in [-0.25, -0.2) is 14.4 Å². The molecule has 50 heavy (non-hydrogen) atoms. The standard InChI is InChI=1S/C37H38O12S/c1-22(2)45-36-27(39)19-30(28(46-36)20-43-23(3)38)50-37-32(49-35(42)26-17-11-6-12-18-26)31(48-34(41)25-15-9-5-10-16-25)29(47-37)21-44-33(40)24-13-7-4-8-14-24/h4-18,22,28-32,36-37H,19-21H2,1-3H3/t28-,29-,30-,31+,32-,36+,37+/m1/s1. The summed E-state index contributed by atoms with van der Waals surface area (Å²) < 4.78 is 40.9. The van der Waals surface area contributed by atoms with E-state index in [0.29, 0.717) is 5.56 Å². The predicted molar refractivity (Wildman–Crippen MR) is 179 cm³/mol. The zero-order chi connectivity index (χ0) is 35.6. The number of Topliss-reactive ketones (excluding diaryl/α,β-unsaturated/α-hetero) is 1. The second-order valence-corrected chi connectivity index (χ2v) is 13.2. The topological polar surface area (TPSA) is 150 Å². The van der Waals surface area contributed by atoms with Crippen LogP contribution in [0.2, 0.25) is 0 Å². The molecule has 3 aromatic rings. The third-order valence-corrected chi connectivity index (χ3v) is 9.16. The largest absolute Gasteiger partial charge is 0.463 e. The Morgan fingerprint density at radius 2 is 1.20 bits per heavy atom. The molecule has 0 spiro atoms. The van der Waals surface area contributed by atoms with Crippen LogP contribution in [0.3, 0.4) is 0 Å². The minimum Gasteiger partial charge on any atom is -0.463 e. The number of carbonyl (C=O) groups excluding carboxylic acids is 5. The molecule has 0 saturated carbocycles. The van der Waals surface area contributed by atoms with E-state index in [-0.39, 0.29) is 42.6 Å². The normalized spacial score (nSPS) is 24.7. The Balaban J connectivity index is 1.45. The molecule has 0 aromatic heterocycles. The van der Waals surface area contributed by atoms with Crippen LogP contribution >= 0.6 is 11.8 Å². The first-order valence-corrected chi connectivity index (χ1v) is 17.1. The van der Waals surface area contributed by atoms with Crippen LogP contribution in [0.15, 0.2) is 91.0 Å². The zero-order valence-electron chi connectivity index (χ0n) is 27.7. The monoisotopic (exact) mass is 706 g/mol. The highest BCUT2D eigenvalue weighted by molar-refractivity contribution is 8.00. The molecule has 3 aromatic carbocycles. The van der Waals surface area contributed by atoms with Crippen LogP contribution in [0, 0.1) is 0 Å². The highest BCUT2D eigenvalue weighted by atomic mass is 32.2.